The fourth-order valence-corrected chi connectivity index (χ4v) is 3.02. The molecule has 0 spiro atoms. The van der Waals surface area contributed by atoms with E-state index in [0.29, 0.717) is 19.5 Å². The number of hydrogen-bond donors (Lipinski definition) is 1. The van der Waals surface area contributed by atoms with Gasteiger partial charge in [0.15, 0.2) is 0 Å². The molecule has 1 N–H and O–H groups in total. The summed E-state index contributed by atoms with van der Waals surface area (Å²) in [7, 11) is 1.36. The molecule has 6 nitrogen and oxygen atoms in total. The van der Waals surface area contributed by atoms with Crippen LogP contribution in [0.2, 0.25) is 0 Å². The fourth-order valence-electron chi connectivity index (χ4n) is 1.35. The lowest BCUT2D eigenvalue weighted by Gasteiger charge is -2.15. The maximum absolute atomic E-state index is 11.7. The highest BCUT2D eigenvalue weighted by molar-refractivity contribution is 9.10. The minimum Gasteiger partial charge on any atom is -0.468 e. The Hall–Kier alpha value is -1.08. The number of rotatable bonds is 7. The lowest BCUT2D eigenvalue weighted by molar-refractivity contribution is -0.143. The second-order valence-corrected chi connectivity index (χ2v) is 5.15. The van der Waals surface area contributed by atoms with Crippen molar-refractivity contribution in [1.82, 2.24) is 5.32 Å². The third-order valence-electron chi connectivity index (χ3n) is 2.19. The number of azide groups is 1. The van der Waals surface area contributed by atoms with Crippen LogP contribution >= 0.6 is 27.3 Å². The number of thiophene rings is 1. The average molecular weight is 333 g/mol. The SMILES string of the molecule is COC(=O)C(NCCCN=[N+]=[N-])c1sccc1Br. The van der Waals surface area contributed by atoms with E-state index in [2.05, 4.69) is 31.3 Å². The molecule has 0 radical (unpaired) electrons. The second-order valence-electron chi connectivity index (χ2n) is 3.35. The van der Waals surface area contributed by atoms with Gasteiger partial charge in [-0.2, -0.15) is 0 Å². The Bertz CT molecular complexity index is 445. The first-order valence-corrected chi connectivity index (χ1v) is 6.93. The van der Waals surface area contributed by atoms with Crippen LogP contribution in [0.15, 0.2) is 21.0 Å². The third kappa shape index (κ3) is 4.30. The molecule has 0 fully saturated rings. The van der Waals surface area contributed by atoms with Gasteiger partial charge in [-0.15, -0.1) is 11.3 Å². The first kappa shape index (κ1) is 15.0. The topological polar surface area (TPSA) is 87.1 Å². The van der Waals surface area contributed by atoms with Crippen molar-refractivity contribution in [3.63, 3.8) is 0 Å². The van der Waals surface area contributed by atoms with E-state index in [1.54, 1.807) is 0 Å². The minimum absolute atomic E-state index is 0.332. The van der Waals surface area contributed by atoms with Crippen LogP contribution in [0.3, 0.4) is 0 Å². The Morgan fingerprint density at radius 1 is 1.78 bits per heavy atom. The molecule has 1 atom stereocenters. The van der Waals surface area contributed by atoms with E-state index in [1.165, 1.54) is 18.4 Å². The first-order chi connectivity index (χ1) is 8.70. The standard InChI is InChI=1S/C10H13BrN4O2S/c1-17-10(16)8(9-7(11)3-6-18-9)13-4-2-5-14-15-12/h3,6,8,13H,2,4-5H2,1H3. The molecular formula is C10H13BrN4O2S. The number of esters is 1. The van der Waals surface area contributed by atoms with Crippen molar-refractivity contribution in [2.75, 3.05) is 20.2 Å². The molecule has 18 heavy (non-hydrogen) atoms. The van der Waals surface area contributed by atoms with Crippen molar-refractivity contribution >= 4 is 33.2 Å². The largest absolute Gasteiger partial charge is 0.468 e. The second kappa shape index (κ2) is 8.10. The van der Waals surface area contributed by atoms with E-state index in [1.807, 2.05) is 11.4 Å². The van der Waals surface area contributed by atoms with Crippen LogP contribution < -0.4 is 5.32 Å². The molecule has 0 aromatic carbocycles. The third-order valence-corrected chi connectivity index (χ3v) is 4.13. The van der Waals surface area contributed by atoms with Crippen molar-refractivity contribution in [3.05, 3.63) is 31.2 Å². The summed E-state index contributed by atoms with van der Waals surface area (Å²) in [6.07, 6.45) is 0.667. The zero-order valence-corrected chi connectivity index (χ0v) is 12.2. The summed E-state index contributed by atoms with van der Waals surface area (Å²) in [5.74, 6) is -0.332. The Morgan fingerprint density at radius 3 is 3.11 bits per heavy atom. The van der Waals surface area contributed by atoms with Crippen LogP contribution in [0.4, 0.5) is 0 Å². The van der Waals surface area contributed by atoms with Gasteiger partial charge in [0.2, 0.25) is 0 Å². The first-order valence-electron chi connectivity index (χ1n) is 5.25. The van der Waals surface area contributed by atoms with Crippen LogP contribution in [-0.2, 0) is 9.53 Å². The molecule has 1 unspecified atom stereocenters. The molecule has 0 aliphatic carbocycles. The molecule has 1 rings (SSSR count). The number of methoxy groups -OCH3 is 1. The minimum atomic E-state index is -0.490. The van der Waals surface area contributed by atoms with Crippen LogP contribution in [0, 0.1) is 0 Å². The number of halogens is 1. The molecular weight excluding hydrogens is 320 g/mol. The van der Waals surface area contributed by atoms with Gasteiger partial charge in [0.05, 0.1) is 7.11 Å². The van der Waals surface area contributed by atoms with Crippen LogP contribution in [0.5, 0.6) is 0 Å². The number of nitrogens with one attached hydrogen (secondary N) is 1. The highest BCUT2D eigenvalue weighted by Crippen LogP contribution is 2.29. The monoisotopic (exact) mass is 332 g/mol. The highest BCUT2D eigenvalue weighted by atomic mass is 79.9. The lowest BCUT2D eigenvalue weighted by atomic mass is 10.2. The van der Waals surface area contributed by atoms with Gasteiger partial charge in [0.1, 0.15) is 6.04 Å². The molecule has 0 saturated heterocycles. The number of ether oxygens (including phenoxy) is 1. The van der Waals surface area contributed by atoms with E-state index in [9.17, 15) is 4.79 Å². The predicted octanol–water partition coefficient (Wildman–Crippen LogP) is 3.01. The van der Waals surface area contributed by atoms with Gasteiger partial charge in [-0.25, -0.2) is 4.79 Å². The molecule has 1 aromatic heterocycles. The summed E-state index contributed by atoms with van der Waals surface area (Å²) in [6.45, 7) is 0.978. The summed E-state index contributed by atoms with van der Waals surface area (Å²) >= 11 is 4.87. The van der Waals surface area contributed by atoms with E-state index >= 15 is 0 Å². The van der Waals surface area contributed by atoms with Gasteiger partial charge in [-0.3, -0.25) is 5.32 Å². The van der Waals surface area contributed by atoms with Gasteiger partial charge in [-0.1, -0.05) is 5.11 Å². The normalized spacial score (nSPS) is 11.7. The Kier molecular flexibility index (Phi) is 6.74. The van der Waals surface area contributed by atoms with E-state index in [4.69, 9.17) is 10.3 Å². The molecule has 98 valence electrons. The number of hydrogen-bond acceptors (Lipinski definition) is 5. The molecule has 1 aromatic rings. The summed E-state index contributed by atoms with van der Waals surface area (Å²) in [4.78, 5) is 15.2. The van der Waals surface area contributed by atoms with E-state index in [0.717, 1.165) is 9.35 Å². The molecule has 0 saturated carbocycles. The Labute approximate surface area is 117 Å². The summed E-state index contributed by atoms with van der Waals surface area (Å²) < 4.78 is 5.65. The summed E-state index contributed by atoms with van der Waals surface area (Å²) in [5, 5.41) is 8.43. The van der Waals surface area contributed by atoms with Crippen molar-refractivity contribution in [2.45, 2.75) is 12.5 Å². The van der Waals surface area contributed by atoms with Crippen LogP contribution in [0.25, 0.3) is 10.4 Å². The zero-order chi connectivity index (χ0) is 13.4. The van der Waals surface area contributed by atoms with Gasteiger partial charge in [0, 0.05) is 20.8 Å². The molecule has 0 aliphatic rings. The highest BCUT2D eigenvalue weighted by Gasteiger charge is 2.23. The van der Waals surface area contributed by atoms with Gasteiger partial charge in [0.25, 0.3) is 0 Å². The van der Waals surface area contributed by atoms with Gasteiger partial charge >= 0.3 is 5.97 Å². The fraction of sp³-hybridized carbons (Fsp3) is 0.500. The number of nitrogens with zero attached hydrogens (tertiary/aromatic N) is 3. The van der Waals surface area contributed by atoms with Crippen molar-refractivity contribution < 1.29 is 9.53 Å². The maximum Gasteiger partial charge on any atom is 0.328 e. The summed E-state index contributed by atoms with van der Waals surface area (Å²) in [6, 6.07) is 1.40. The quantitative estimate of drug-likeness (QED) is 0.273. The number of carbonyl (C=O) groups is 1. The molecule has 0 amide bonds. The van der Waals surface area contributed by atoms with E-state index in [-0.39, 0.29) is 5.97 Å². The van der Waals surface area contributed by atoms with Crippen LogP contribution in [-0.4, -0.2) is 26.2 Å². The van der Waals surface area contributed by atoms with E-state index < -0.39 is 6.04 Å². The Morgan fingerprint density at radius 2 is 2.56 bits per heavy atom. The van der Waals surface area contributed by atoms with Crippen molar-refractivity contribution in [1.29, 1.82) is 0 Å². The smallest absolute Gasteiger partial charge is 0.328 e. The van der Waals surface area contributed by atoms with Gasteiger partial charge in [-0.05, 0) is 45.9 Å². The molecule has 0 bridgehead atoms. The van der Waals surface area contributed by atoms with Crippen molar-refractivity contribution in [2.24, 2.45) is 5.11 Å². The van der Waals surface area contributed by atoms with Crippen molar-refractivity contribution in [3.8, 4) is 0 Å². The van der Waals surface area contributed by atoms with Crippen LogP contribution in [0.1, 0.15) is 17.3 Å². The molecule has 0 aliphatic heterocycles. The number of carbonyl (C=O) groups excluding carboxylic acids is 1. The predicted molar refractivity (Wildman–Crippen MR) is 73.4 cm³/mol. The average Bonchev–Trinajstić information content (AvgIpc) is 2.79. The molecule has 8 heteroatoms. The zero-order valence-electron chi connectivity index (χ0n) is 9.80. The van der Waals surface area contributed by atoms with Gasteiger partial charge < -0.3 is 4.74 Å². The molecule has 1 heterocycles. The lowest BCUT2D eigenvalue weighted by Crippen LogP contribution is -2.30. The maximum atomic E-state index is 11.7. The summed E-state index contributed by atoms with van der Waals surface area (Å²) in [5.41, 5.74) is 8.15. The Balaban J connectivity index is 2.60.